The van der Waals surface area contributed by atoms with Crippen LogP contribution in [0.5, 0.6) is 0 Å². The van der Waals surface area contributed by atoms with Gasteiger partial charge < -0.3 is 4.90 Å². The SMILES string of the molecule is CN(Cc1csc(Br)c1)c1cc(CCl)cc(C(C)(C)C)n1. The zero-order valence-electron chi connectivity index (χ0n) is 12.8. The van der Waals surface area contributed by atoms with Crippen LogP contribution in [0.1, 0.15) is 37.6 Å². The Hall–Kier alpha value is -0.580. The van der Waals surface area contributed by atoms with Crippen molar-refractivity contribution < 1.29 is 0 Å². The van der Waals surface area contributed by atoms with E-state index in [0.29, 0.717) is 5.88 Å². The van der Waals surface area contributed by atoms with Gasteiger partial charge in [-0.2, -0.15) is 0 Å². The van der Waals surface area contributed by atoms with Crippen molar-refractivity contribution in [3.63, 3.8) is 0 Å². The molecule has 114 valence electrons. The van der Waals surface area contributed by atoms with Gasteiger partial charge in [-0.1, -0.05) is 20.8 Å². The van der Waals surface area contributed by atoms with E-state index in [1.807, 2.05) is 0 Å². The van der Waals surface area contributed by atoms with Crippen molar-refractivity contribution in [3.05, 3.63) is 44.2 Å². The van der Waals surface area contributed by atoms with E-state index in [4.69, 9.17) is 16.6 Å². The quantitative estimate of drug-likeness (QED) is 0.637. The van der Waals surface area contributed by atoms with Gasteiger partial charge in [-0.15, -0.1) is 22.9 Å². The fourth-order valence-electron chi connectivity index (χ4n) is 2.01. The lowest BCUT2D eigenvalue weighted by molar-refractivity contribution is 0.567. The molecule has 0 aromatic carbocycles. The third-order valence-electron chi connectivity index (χ3n) is 3.23. The van der Waals surface area contributed by atoms with E-state index in [0.717, 1.165) is 27.4 Å². The average Bonchev–Trinajstić information content (AvgIpc) is 2.82. The van der Waals surface area contributed by atoms with Gasteiger partial charge in [0.15, 0.2) is 0 Å². The van der Waals surface area contributed by atoms with Crippen molar-refractivity contribution in [1.82, 2.24) is 4.98 Å². The minimum absolute atomic E-state index is 0.0169. The molecule has 0 aliphatic carbocycles. The fourth-order valence-corrected chi connectivity index (χ4v) is 3.37. The predicted octanol–water partition coefficient (Wildman–Crippen LogP) is 5.58. The van der Waals surface area contributed by atoms with Crippen LogP contribution < -0.4 is 4.90 Å². The van der Waals surface area contributed by atoms with Crippen LogP contribution in [-0.2, 0) is 17.8 Å². The first-order chi connectivity index (χ1) is 9.79. The Labute approximate surface area is 144 Å². The molecule has 2 nitrogen and oxygen atoms in total. The second-order valence-corrected chi connectivity index (χ2v) is 8.78. The Morgan fingerprint density at radius 3 is 2.48 bits per heavy atom. The van der Waals surface area contributed by atoms with Gasteiger partial charge in [-0.3, -0.25) is 0 Å². The summed E-state index contributed by atoms with van der Waals surface area (Å²) >= 11 is 11.2. The van der Waals surface area contributed by atoms with E-state index in [1.54, 1.807) is 11.3 Å². The summed E-state index contributed by atoms with van der Waals surface area (Å²) < 4.78 is 1.16. The smallest absolute Gasteiger partial charge is 0.129 e. The first-order valence-corrected chi connectivity index (χ1v) is 9.02. The molecule has 0 saturated heterocycles. The summed E-state index contributed by atoms with van der Waals surface area (Å²) in [6, 6.07) is 6.33. The van der Waals surface area contributed by atoms with E-state index in [-0.39, 0.29) is 5.41 Å². The molecular formula is C16H20BrClN2S. The van der Waals surface area contributed by atoms with Crippen LogP contribution >= 0.6 is 38.9 Å². The van der Waals surface area contributed by atoms with E-state index in [9.17, 15) is 0 Å². The molecule has 2 rings (SSSR count). The highest BCUT2D eigenvalue weighted by Crippen LogP contribution is 2.27. The highest BCUT2D eigenvalue weighted by atomic mass is 79.9. The van der Waals surface area contributed by atoms with Crippen LogP contribution in [0.15, 0.2) is 27.4 Å². The van der Waals surface area contributed by atoms with Crippen molar-refractivity contribution in [2.24, 2.45) is 0 Å². The summed E-state index contributed by atoms with van der Waals surface area (Å²) in [5, 5.41) is 2.16. The standard InChI is InChI=1S/C16H20BrClN2S/c1-16(2,3)13-5-11(8-18)7-15(19-13)20(4)9-12-6-14(17)21-10-12/h5-7,10H,8-9H2,1-4H3. The van der Waals surface area contributed by atoms with Crippen LogP contribution in [0.3, 0.4) is 0 Å². The molecular weight excluding hydrogens is 368 g/mol. The Bertz CT molecular complexity index is 619. The van der Waals surface area contributed by atoms with Crippen molar-refractivity contribution in [1.29, 1.82) is 0 Å². The number of aromatic nitrogens is 1. The number of hydrogen-bond acceptors (Lipinski definition) is 3. The number of anilines is 1. The molecule has 0 fully saturated rings. The summed E-state index contributed by atoms with van der Waals surface area (Å²) in [5.74, 6) is 1.48. The zero-order valence-corrected chi connectivity index (χ0v) is 15.9. The molecule has 0 aliphatic heterocycles. The Morgan fingerprint density at radius 1 is 1.24 bits per heavy atom. The van der Waals surface area contributed by atoms with Crippen molar-refractivity contribution in [2.45, 2.75) is 38.6 Å². The lowest BCUT2D eigenvalue weighted by Crippen LogP contribution is -2.21. The van der Waals surface area contributed by atoms with Crippen LogP contribution in [0.4, 0.5) is 5.82 Å². The highest BCUT2D eigenvalue weighted by Gasteiger charge is 2.18. The highest BCUT2D eigenvalue weighted by molar-refractivity contribution is 9.11. The summed E-state index contributed by atoms with van der Waals surface area (Å²) in [6.07, 6.45) is 0. The summed E-state index contributed by atoms with van der Waals surface area (Å²) in [7, 11) is 2.07. The fraction of sp³-hybridized carbons (Fsp3) is 0.438. The molecule has 0 N–H and O–H groups in total. The monoisotopic (exact) mass is 386 g/mol. The maximum Gasteiger partial charge on any atom is 0.129 e. The van der Waals surface area contributed by atoms with Crippen LogP contribution in [-0.4, -0.2) is 12.0 Å². The second kappa shape index (κ2) is 6.67. The number of nitrogens with zero attached hydrogens (tertiary/aromatic N) is 2. The van der Waals surface area contributed by atoms with E-state index in [1.165, 1.54) is 5.56 Å². The first kappa shape index (κ1) is 16.8. The largest absolute Gasteiger partial charge is 0.355 e. The predicted molar refractivity (Wildman–Crippen MR) is 96.6 cm³/mol. The number of hydrogen-bond donors (Lipinski definition) is 0. The van der Waals surface area contributed by atoms with Gasteiger partial charge in [0.05, 0.1) is 3.79 Å². The molecule has 2 aromatic rings. The molecule has 0 radical (unpaired) electrons. The molecule has 0 spiro atoms. The number of pyridine rings is 1. The molecule has 0 atom stereocenters. The van der Waals surface area contributed by atoms with Gasteiger partial charge in [-0.05, 0) is 50.6 Å². The van der Waals surface area contributed by atoms with Crippen molar-refractivity contribution in [2.75, 3.05) is 11.9 Å². The third-order valence-corrected chi connectivity index (χ3v) is 5.09. The van der Waals surface area contributed by atoms with Gasteiger partial charge in [0, 0.05) is 30.6 Å². The van der Waals surface area contributed by atoms with Gasteiger partial charge in [0.1, 0.15) is 5.82 Å². The Balaban J connectivity index is 2.29. The zero-order chi connectivity index (χ0) is 15.6. The maximum absolute atomic E-state index is 6.04. The van der Waals surface area contributed by atoms with Gasteiger partial charge in [0.25, 0.3) is 0 Å². The van der Waals surface area contributed by atoms with Crippen LogP contribution in [0.25, 0.3) is 0 Å². The molecule has 2 aromatic heterocycles. The van der Waals surface area contributed by atoms with Crippen LogP contribution in [0.2, 0.25) is 0 Å². The molecule has 0 unspecified atom stereocenters. The topological polar surface area (TPSA) is 16.1 Å². The summed E-state index contributed by atoms with van der Waals surface area (Å²) in [5.41, 5.74) is 3.49. The first-order valence-electron chi connectivity index (χ1n) is 6.81. The molecule has 2 heterocycles. The number of thiophene rings is 1. The Kier molecular flexibility index (Phi) is 5.33. The number of rotatable bonds is 4. The lowest BCUT2D eigenvalue weighted by atomic mass is 9.91. The minimum atomic E-state index is 0.0169. The molecule has 0 bridgehead atoms. The van der Waals surface area contributed by atoms with Crippen LogP contribution in [0, 0.1) is 0 Å². The molecule has 0 aliphatic rings. The number of alkyl halides is 1. The maximum atomic E-state index is 6.04. The summed E-state index contributed by atoms with van der Waals surface area (Å²) in [4.78, 5) is 6.98. The van der Waals surface area contributed by atoms with Crippen molar-refractivity contribution >= 4 is 44.7 Å². The van der Waals surface area contributed by atoms with Gasteiger partial charge in [-0.25, -0.2) is 4.98 Å². The lowest BCUT2D eigenvalue weighted by Gasteiger charge is -2.24. The second-order valence-electron chi connectivity index (χ2n) is 6.22. The molecule has 5 heteroatoms. The number of halogens is 2. The molecule has 21 heavy (non-hydrogen) atoms. The van der Waals surface area contributed by atoms with Crippen molar-refractivity contribution in [3.8, 4) is 0 Å². The van der Waals surface area contributed by atoms with Gasteiger partial charge in [0.2, 0.25) is 0 Å². The van der Waals surface area contributed by atoms with Gasteiger partial charge >= 0.3 is 0 Å². The molecule has 0 amide bonds. The Morgan fingerprint density at radius 2 is 1.95 bits per heavy atom. The minimum Gasteiger partial charge on any atom is -0.355 e. The normalized spacial score (nSPS) is 11.7. The third kappa shape index (κ3) is 4.44. The molecule has 0 saturated carbocycles. The summed E-state index contributed by atoms with van der Waals surface area (Å²) in [6.45, 7) is 7.36. The average molecular weight is 388 g/mol. The van der Waals surface area contributed by atoms with E-state index < -0.39 is 0 Å². The van der Waals surface area contributed by atoms with E-state index >= 15 is 0 Å². The van der Waals surface area contributed by atoms with E-state index in [2.05, 4.69) is 72.2 Å².